The number of carbonyl (C=O) groups excluding carboxylic acids is 1. The first-order valence-electron chi connectivity index (χ1n) is 7.89. The SMILES string of the molecule is COc1ccc(Nc2nc(C)cc(N3CCN(C=O)CC3)n2)cc1. The average molecular weight is 327 g/mol. The van der Waals surface area contributed by atoms with Crippen molar-refractivity contribution in [2.45, 2.75) is 6.92 Å². The minimum absolute atomic E-state index is 0.563. The van der Waals surface area contributed by atoms with Gasteiger partial charge in [0.05, 0.1) is 7.11 Å². The van der Waals surface area contributed by atoms with Crippen molar-refractivity contribution in [3.8, 4) is 5.75 Å². The van der Waals surface area contributed by atoms with Gasteiger partial charge in [0.2, 0.25) is 12.4 Å². The second-order valence-corrected chi connectivity index (χ2v) is 5.67. The predicted molar refractivity (Wildman–Crippen MR) is 92.9 cm³/mol. The maximum Gasteiger partial charge on any atom is 0.229 e. The Balaban J connectivity index is 1.74. The molecule has 1 N–H and O–H groups in total. The van der Waals surface area contributed by atoms with E-state index in [4.69, 9.17) is 4.74 Å². The van der Waals surface area contributed by atoms with Crippen LogP contribution < -0.4 is 15.0 Å². The van der Waals surface area contributed by atoms with Crippen LogP contribution in [-0.4, -0.2) is 54.6 Å². The topological polar surface area (TPSA) is 70.6 Å². The third-order valence-electron chi connectivity index (χ3n) is 3.97. The lowest BCUT2D eigenvalue weighted by atomic mass is 10.3. The number of hydrogen-bond donors (Lipinski definition) is 1. The molecule has 0 bridgehead atoms. The Morgan fingerprint density at radius 2 is 1.83 bits per heavy atom. The number of aryl methyl sites for hydroxylation is 1. The van der Waals surface area contributed by atoms with Gasteiger partial charge in [-0.25, -0.2) is 4.98 Å². The van der Waals surface area contributed by atoms with Gasteiger partial charge >= 0.3 is 0 Å². The van der Waals surface area contributed by atoms with Crippen LogP contribution in [0.5, 0.6) is 5.75 Å². The second-order valence-electron chi connectivity index (χ2n) is 5.67. The highest BCUT2D eigenvalue weighted by atomic mass is 16.5. The summed E-state index contributed by atoms with van der Waals surface area (Å²) in [7, 11) is 1.64. The van der Waals surface area contributed by atoms with Gasteiger partial charge in [-0.3, -0.25) is 4.79 Å². The molecule has 1 aromatic heterocycles. The van der Waals surface area contributed by atoms with E-state index in [9.17, 15) is 4.79 Å². The molecule has 1 amide bonds. The van der Waals surface area contributed by atoms with Crippen LogP contribution in [0.1, 0.15) is 5.69 Å². The molecule has 0 saturated carbocycles. The monoisotopic (exact) mass is 327 g/mol. The summed E-state index contributed by atoms with van der Waals surface area (Å²) in [6, 6.07) is 9.59. The summed E-state index contributed by atoms with van der Waals surface area (Å²) in [5.74, 6) is 2.25. The number of aromatic nitrogens is 2. The van der Waals surface area contributed by atoms with Crippen molar-refractivity contribution in [1.82, 2.24) is 14.9 Å². The van der Waals surface area contributed by atoms with Crippen LogP contribution >= 0.6 is 0 Å². The van der Waals surface area contributed by atoms with E-state index in [1.54, 1.807) is 12.0 Å². The molecule has 2 aromatic rings. The van der Waals surface area contributed by atoms with Crippen molar-refractivity contribution in [3.05, 3.63) is 36.0 Å². The molecule has 2 heterocycles. The van der Waals surface area contributed by atoms with Gasteiger partial charge in [-0.15, -0.1) is 0 Å². The lowest BCUT2D eigenvalue weighted by molar-refractivity contribution is -0.118. The molecule has 0 radical (unpaired) electrons. The molecule has 0 spiro atoms. The van der Waals surface area contributed by atoms with E-state index in [2.05, 4.69) is 20.2 Å². The quantitative estimate of drug-likeness (QED) is 0.845. The Morgan fingerprint density at radius 3 is 2.46 bits per heavy atom. The molecule has 1 fully saturated rings. The zero-order valence-electron chi connectivity index (χ0n) is 13.9. The fraction of sp³-hybridized carbons (Fsp3) is 0.353. The molecular weight excluding hydrogens is 306 g/mol. The summed E-state index contributed by atoms with van der Waals surface area (Å²) in [4.78, 5) is 23.8. The van der Waals surface area contributed by atoms with Crippen molar-refractivity contribution in [2.24, 2.45) is 0 Å². The lowest BCUT2D eigenvalue weighted by Gasteiger charge is -2.33. The highest BCUT2D eigenvalue weighted by Crippen LogP contribution is 2.21. The van der Waals surface area contributed by atoms with Crippen LogP contribution in [0.25, 0.3) is 0 Å². The summed E-state index contributed by atoms with van der Waals surface area (Å²) in [5.41, 5.74) is 1.80. The van der Waals surface area contributed by atoms with Gasteiger partial charge in [-0.2, -0.15) is 4.98 Å². The molecule has 1 saturated heterocycles. The van der Waals surface area contributed by atoms with Crippen molar-refractivity contribution < 1.29 is 9.53 Å². The molecule has 0 unspecified atom stereocenters. The van der Waals surface area contributed by atoms with Gasteiger partial charge in [-0.1, -0.05) is 0 Å². The molecule has 7 nitrogen and oxygen atoms in total. The molecule has 126 valence electrons. The summed E-state index contributed by atoms with van der Waals surface area (Å²) in [6.45, 7) is 4.93. The van der Waals surface area contributed by atoms with E-state index in [0.29, 0.717) is 19.0 Å². The second kappa shape index (κ2) is 7.16. The third-order valence-corrected chi connectivity index (χ3v) is 3.97. The van der Waals surface area contributed by atoms with Crippen LogP contribution in [0.4, 0.5) is 17.5 Å². The zero-order valence-corrected chi connectivity index (χ0v) is 13.9. The molecule has 0 atom stereocenters. The molecular formula is C17H21N5O2. The lowest BCUT2D eigenvalue weighted by Crippen LogP contribution is -2.46. The number of ether oxygens (including phenoxy) is 1. The molecule has 7 heteroatoms. The largest absolute Gasteiger partial charge is 0.497 e. The van der Waals surface area contributed by atoms with Crippen molar-refractivity contribution in [3.63, 3.8) is 0 Å². The maximum atomic E-state index is 10.8. The minimum Gasteiger partial charge on any atom is -0.497 e. The Kier molecular flexibility index (Phi) is 4.79. The number of rotatable bonds is 5. The van der Waals surface area contributed by atoms with Crippen molar-refractivity contribution >= 4 is 23.9 Å². The van der Waals surface area contributed by atoms with Gasteiger partial charge in [0.15, 0.2) is 0 Å². The van der Waals surface area contributed by atoms with Crippen LogP contribution in [0.3, 0.4) is 0 Å². The van der Waals surface area contributed by atoms with Crippen molar-refractivity contribution in [1.29, 1.82) is 0 Å². The fourth-order valence-electron chi connectivity index (χ4n) is 2.63. The first-order chi connectivity index (χ1) is 11.7. The number of nitrogens with one attached hydrogen (secondary N) is 1. The summed E-state index contributed by atoms with van der Waals surface area (Å²) < 4.78 is 5.16. The highest BCUT2D eigenvalue weighted by Gasteiger charge is 2.17. The third kappa shape index (κ3) is 3.73. The number of nitrogens with zero attached hydrogens (tertiary/aromatic N) is 4. The Bertz CT molecular complexity index is 697. The molecule has 0 aliphatic carbocycles. The first-order valence-corrected chi connectivity index (χ1v) is 7.89. The molecule has 1 aliphatic heterocycles. The van der Waals surface area contributed by atoms with E-state index in [-0.39, 0.29) is 0 Å². The standard InChI is InChI=1S/C17H21N5O2/c1-13-11-16(22-9-7-21(12-23)8-10-22)20-17(18-13)19-14-3-5-15(24-2)6-4-14/h3-6,11-12H,7-10H2,1-2H3,(H,18,19,20). The number of anilines is 3. The van der Waals surface area contributed by atoms with Gasteiger partial charge in [0, 0.05) is 43.6 Å². The van der Waals surface area contributed by atoms with Gasteiger partial charge in [-0.05, 0) is 31.2 Å². The minimum atomic E-state index is 0.563. The summed E-state index contributed by atoms with van der Waals surface area (Å²) in [5, 5.41) is 3.22. The number of amides is 1. The molecule has 24 heavy (non-hydrogen) atoms. The van der Waals surface area contributed by atoms with E-state index >= 15 is 0 Å². The number of hydrogen-bond acceptors (Lipinski definition) is 6. The number of benzene rings is 1. The van der Waals surface area contributed by atoms with E-state index < -0.39 is 0 Å². The van der Waals surface area contributed by atoms with Crippen LogP contribution in [0, 0.1) is 6.92 Å². The van der Waals surface area contributed by atoms with Crippen LogP contribution in [-0.2, 0) is 4.79 Å². The van der Waals surface area contributed by atoms with Crippen LogP contribution in [0.15, 0.2) is 30.3 Å². The Hall–Kier alpha value is -2.83. The van der Waals surface area contributed by atoms with Gasteiger partial charge in [0.1, 0.15) is 11.6 Å². The predicted octanol–water partition coefficient (Wildman–Crippen LogP) is 1.82. The maximum absolute atomic E-state index is 10.8. The average Bonchev–Trinajstić information content (AvgIpc) is 2.62. The molecule has 1 aromatic carbocycles. The normalized spacial score (nSPS) is 14.4. The van der Waals surface area contributed by atoms with E-state index in [0.717, 1.165) is 42.4 Å². The number of piperazine rings is 1. The summed E-state index contributed by atoms with van der Waals surface area (Å²) in [6.07, 6.45) is 0.902. The fourth-order valence-corrected chi connectivity index (χ4v) is 2.63. The zero-order chi connectivity index (χ0) is 16.9. The van der Waals surface area contributed by atoms with Gasteiger partial charge in [0.25, 0.3) is 0 Å². The smallest absolute Gasteiger partial charge is 0.229 e. The van der Waals surface area contributed by atoms with Gasteiger partial charge < -0.3 is 19.9 Å². The highest BCUT2D eigenvalue weighted by molar-refractivity contribution is 5.57. The molecule has 1 aliphatic rings. The van der Waals surface area contributed by atoms with E-state index in [1.165, 1.54) is 0 Å². The van der Waals surface area contributed by atoms with E-state index in [1.807, 2.05) is 37.3 Å². The first kappa shape index (κ1) is 16.0. The Morgan fingerprint density at radius 1 is 1.12 bits per heavy atom. The number of carbonyl (C=O) groups is 1. The Labute approximate surface area is 141 Å². The van der Waals surface area contributed by atoms with Crippen molar-refractivity contribution in [2.75, 3.05) is 43.5 Å². The summed E-state index contributed by atoms with van der Waals surface area (Å²) >= 11 is 0. The molecule has 3 rings (SSSR count). The number of methoxy groups -OCH3 is 1. The van der Waals surface area contributed by atoms with Crippen LogP contribution in [0.2, 0.25) is 0 Å².